The van der Waals surface area contributed by atoms with Gasteiger partial charge in [0.05, 0.1) is 11.6 Å². The highest BCUT2D eigenvalue weighted by Crippen LogP contribution is 2.15. The maximum atomic E-state index is 5.68. The van der Waals surface area contributed by atoms with Crippen molar-refractivity contribution >= 4 is 33.3 Å². The number of aromatic nitrogens is 2. The van der Waals surface area contributed by atoms with Gasteiger partial charge in [-0.05, 0) is 29.8 Å². The Morgan fingerprint density at radius 2 is 1.83 bits per heavy atom. The molecule has 0 N–H and O–H groups in total. The lowest BCUT2D eigenvalue weighted by molar-refractivity contribution is 0.854. The Morgan fingerprint density at radius 3 is 2.39 bits per heavy atom. The van der Waals surface area contributed by atoms with Crippen LogP contribution < -0.4 is 4.90 Å². The summed E-state index contributed by atoms with van der Waals surface area (Å²) in [7, 11) is 1.99. The Bertz CT molecular complexity index is 499. The highest BCUT2D eigenvalue weighted by molar-refractivity contribution is 9.10. The van der Waals surface area contributed by atoms with Crippen molar-refractivity contribution in [1.82, 2.24) is 10.2 Å². The number of hydrogen-bond donors (Lipinski definition) is 0. The largest absolute Gasteiger partial charge is 0.354 e. The zero-order valence-electron chi connectivity index (χ0n) is 9.98. The van der Waals surface area contributed by atoms with Crippen LogP contribution >= 0.6 is 27.5 Å². The van der Waals surface area contributed by atoms with E-state index in [0.717, 1.165) is 22.5 Å². The second-order valence-electron chi connectivity index (χ2n) is 4.00. The molecule has 5 heteroatoms. The van der Waals surface area contributed by atoms with E-state index in [2.05, 4.69) is 38.3 Å². The minimum Gasteiger partial charge on any atom is -0.354 e. The van der Waals surface area contributed by atoms with Crippen molar-refractivity contribution in [3.05, 3.63) is 52.1 Å². The third-order valence-electron chi connectivity index (χ3n) is 2.57. The number of nitrogens with zero attached hydrogens (tertiary/aromatic N) is 3. The molecule has 0 atom stereocenters. The van der Waals surface area contributed by atoms with E-state index in [0.29, 0.717) is 5.88 Å². The smallest absolute Gasteiger partial charge is 0.151 e. The number of halogens is 2. The zero-order valence-corrected chi connectivity index (χ0v) is 12.3. The van der Waals surface area contributed by atoms with Crippen molar-refractivity contribution < 1.29 is 0 Å². The molecule has 1 heterocycles. The quantitative estimate of drug-likeness (QED) is 0.804. The predicted octanol–water partition coefficient (Wildman–Crippen LogP) is 3.61. The van der Waals surface area contributed by atoms with Crippen molar-refractivity contribution in [2.75, 3.05) is 11.9 Å². The minimum absolute atomic E-state index is 0.393. The molecule has 18 heavy (non-hydrogen) atoms. The second-order valence-corrected chi connectivity index (χ2v) is 5.18. The Kier molecular flexibility index (Phi) is 4.55. The van der Waals surface area contributed by atoms with Gasteiger partial charge in [-0.3, -0.25) is 0 Å². The SMILES string of the molecule is CN(Cc1ccc(Br)cc1)c1ccc(CCl)nn1. The van der Waals surface area contributed by atoms with Crippen molar-refractivity contribution in [3.8, 4) is 0 Å². The summed E-state index contributed by atoms with van der Waals surface area (Å²) >= 11 is 9.11. The van der Waals surface area contributed by atoms with Gasteiger partial charge in [0.2, 0.25) is 0 Å². The first-order chi connectivity index (χ1) is 8.69. The van der Waals surface area contributed by atoms with E-state index >= 15 is 0 Å². The Labute approximate surface area is 120 Å². The molecule has 0 amide bonds. The second kappa shape index (κ2) is 6.16. The molecule has 0 saturated carbocycles. The van der Waals surface area contributed by atoms with Crippen LogP contribution in [0.2, 0.25) is 0 Å². The van der Waals surface area contributed by atoms with Crippen LogP contribution in [0.4, 0.5) is 5.82 Å². The standard InChI is InChI=1S/C13H13BrClN3/c1-18(9-10-2-4-11(14)5-3-10)13-7-6-12(8-15)16-17-13/h2-7H,8-9H2,1H3. The van der Waals surface area contributed by atoms with E-state index in [1.54, 1.807) is 0 Å². The molecule has 0 radical (unpaired) electrons. The molecule has 0 aliphatic heterocycles. The lowest BCUT2D eigenvalue weighted by Gasteiger charge is -2.17. The molecule has 0 fully saturated rings. The van der Waals surface area contributed by atoms with Gasteiger partial charge in [-0.1, -0.05) is 28.1 Å². The molecule has 2 aromatic rings. The molecule has 1 aromatic carbocycles. The van der Waals surface area contributed by atoms with Crippen molar-refractivity contribution in [3.63, 3.8) is 0 Å². The van der Waals surface area contributed by atoms with Gasteiger partial charge < -0.3 is 4.90 Å². The molecule has 0 spiro atoms. The number of rotatable bonds is 4. The van der Waals surface area contributed by atoms with E-state index in [9.17, 15) is 0 Å². The van der Waals surface area contributed by atoms with Crippen LogP contribution in [0.1, 0.15) is 11.3 Å². The Hall–Kier alpha value is -1.13. The van der Waals surface area contributed by atoms with Gasteiger partial charge in [0.15, 0.2) is 5.82 Å². The summed E-state index contributed by atoms with van der Waals surface area (Å²) in [4.78, 5) is 2.05. The highest BCUT2D eigenvalue weighted by atomic mass is 79.9. The summed E-state index contributed by atoms with van der Waals surface area (Å²) in [6, 6.07) is 12.1. The summed E-state index contributed by atoms with van der Waals surface area (Å²) in [5, 5.41) is 8.19. The third-order valence-corrected chi connectivity index (χ3v) is 3.37. The van der Waals surface area contributed by atoms with Crippen LogP contribution in [-0.4, -0.2) is 17.2 Å². The van der Waals surface area contributed by atoms with Crippen LogP contribution in [0.5, 0.6) is 0 Å². The van der Waals surface area contributed by atoms with Crippen molar-refractivity contribution in [1.29, 1.82) is 0 Å². The molecule has 0 aliphatic rings. The maximum Gasteiger partial charge on any atom is 0.151 e. The van der Waals surface area contributed by atoms with E-state index in [-0.39, 0.29) is 0 Å². The first-order valence-electron chi connectivity index (χ1n) is 5.53. The summed E-state index contributed by atoms with van der Waals surface area (Å²) < 4.78 is 1.08. The first-order valence-corrected chi connectivity index (χ1v) is 6.86. The normalized spacial score (nSPS) is 10.4. The molecule has 0 aliphatic carbocycles. The average Bonchev–Trinajstić information content (AvgIpc) is 2.41. The molecule has 1 aromatic heterocycles. The lowest BCUT2D eigenvalue weighted by atomic mass is 10.2. The number of hydrogen-bond acceptors (Lipinski definition) is 3. The third kappa shape index (κ3) is 3.43. The fraction of sp³-hybridized carbons (Fsp3) is 0.231. The summed E-state index contributed by atoms with van der Waals surface area (Å²) in [5.74, 6) is 1.23. The molecular formula is C13H13BrClN3. The van der Waals surface area contributed by atoms with Crippen LogP contribution in [0.15, 0.2) is 40.9 Å². The van der Waals surface area contributed by atoms with Crippen LogP contribution in [-0.2, 0) is 12.4 Å². The summed E-state index contributed by atoms with van der Waals surface area (Å²) in [6.07, 6.45) is 0. The van der Waals surface area contributed by atoms with E-state index < -0.39 is 0 Å². The van der Waals surface area contributed by atoms with Gasteiger partial charge in [0.25, 0.3) is 0 Å². The number of benzene rings is 1. The van der Waals surface area contributed by atoms with Crippen molar-refractivity contribution in [2.24, 2.45) is 0 Å². The highest BCUT2D eigenvalue weighted by Gasteiger charge is 2.04. The van der Waals surface area contributed by atoms with E-state index in [1.165, 1.54) is 5.56 Å². The van der Waals surface area contributed by atoms with Crippen LogP contribution in [0.3, 0.4) is 0 Å². The van der Waals surface area contributed by atoms with Gasteiger partial charge in [-0.2, -0.15) is 5.10 Å². The lowest BCUT2D eigenvalue weighted by Crippen LogP contribution is -2.18. The van der Waals surface area contributed by atoms with Gasteiger partial charge in [-0.15, -0.1) is 16.7 Å². The van der Waals surface area contributed by atoms with E-state index in [1.807, 2.05) is 36.2 Å². The van der Waals surface area contributed by atoms with Gasteiger partial charge in [0.1, 0.15) is 0 Å². The first kappa shape index (κ1) is 13.3. The van der Waals surface area contributed by atoms with Gasteiger partial charge >= 0.3 is 0 Å². The number of alkyl halides is 1. The predicted molar refractivity (Wildman–Crippen MR) is 77.8 cm³/mol. The van der Waals surface area contributed by atoms with Crippen molar-refractivity contribution in [2.45, 2.75) is 12.4 Å². The average molecular weight is 327 g/mol. The van der Waals surface area contributed by atoms with Gasteiger partial charge in [0, 0.05) is 18.1 Å². The fourth-order valence-corrected chi connectivity index (χ4v) is 1.98. The minimum atomic E-state index is 0.393. The molecule has 0 bridgehead atoms. The van der Waals surface area contributed by atoms with Gasteiger partial charge in [-0.25, -0.2) is 0 Å². The molecule has 3 nitrogen and oxygen atoms in total. The fourth-order valence-electron chi connectivity index (χ4n) is 1.57. The van der Waals surface area contributed by atoms with Crippen LogP contribution in [0, 0.1) is 0 Å². The molecule has 94 valence electrons. The Balaban J connectivity index is 2.06. The Morgan fingerprint density at radius 1 is 1.11 bits per heavy atom. The number of anilines is 1. The molecule has 2 rings (SSSR count). The monoisotopic (exact) mass is 325 g/mol. The topological polar surface area (TPSA) is 29.0 Å². The maximum absolute atomic E-state index is 5.68. The zero-order chi connectivity index (χ0) is 13.0. The molecule has 0 saturated heterocycles. The van der Waals surface area contributed by atoms with E-state index in [4.69, 9.17) is 11.6 Å². The van der Waals surface area contributed by atoms with Crippen LogP contribution in [0.25, 0.3) is 0 Å². The molecule has 0 unspecified atom stereocenters. The molecular weight excluding hydrogens is 314 g/mol. The summed E-state index contributed by atoms with van der Waals surface area (Å²) in [6.45, 7) is 0.794. The summed E-state index contributed by atoms with van der Waals surface area (Å²) in [5.41, 5.74) is 2.02.